The number of benzene rings is 1. The lowest BCUT2D eigenvalue weighted by atomic mass is 10.1. The van der Waals surface area contributed by atoms with Gasteiger partial charge in [0.1, 0.15) is 5.75 Å². The number of phenolic OH excluding ortho intramolecular Hbond substituents is 1. The van der Waals surface area contributed by atoms with Gasteiger partial charge < -0.3 is 10.0 Å². The summed E-state index contributed by atoms with van der Waals surface area (Å²) in [5.41, 5.74) is 0.679. The number of hydrogen-bond donors (Lipinski definition) is 1. The quantitative estimate of drug-likeness (QED) is 0.688. The molecule has 5 heteroatoms. The van der Waals surface area contributed by atoms with Crippen LogP contribution in [0, 0.1) is 5.92 Å². The Labute approximate surface area is 114 Å². The molecule has 96 valence electrons. The Morgan fingerprint density at radius 2 is 2.28 bits per heavy atom. The first-order valence-electron chi connectivity index (χ1n) is 5.73. The van der Waals surface area contributed by atoms with Crippen molar-refractivity contribution in [2.75, 3.05) is 16.8 Å². The molecule has 0 bridgehead atoms. The molecule has 0 aromatic heterocycles. The first-order valence-corrected chi connectivity index (χ1v) is 6.86. The SMILES string of the molecule is CC(=O)c1cccc(N2CC(CBr)CC2=O)c1O. The van der Waals surface area contributed by atoms with Crippen LogP contribution in [0.15, 0.2) is 18.2 Å². The van der Waals surface area contributed by atoms with E-state index in [4.69, 9.17) is 0 Å². The van der Waals surface area contributed by atoms with E-state index in [-0.39, 0.29) is 28.9 Å². The number of aromatic hydroxyl groups is 1. The van der Waals surface area contributed by atoms with Gasteiger partial charge in [-0.1, -0.05) is 22.0 Å². The Hall–Kier alpha value is -1.36. The van der Waals surface area contributed by atoms with Crippen LogP contribution in [0.1, 0.15) is 23.7 Å². The molecule has 1 aromatic rings. The van der Waals surface area contributed by atoms with Crippen LogP contribution in [0.3, 0.4) is 0 Å². The summed E-state index contributed by atoms with van der Waals surface area (Å²) in [6, 6.07) is 4.90. The third-order valence-electron chi connectivity index (χ3n) is 3.11. The van der Waals surface area contributed by atoms with Gasteiger partial charge in [0, 0.05) is 18.3 Å². The average molecular weight is 312 g/mol. The fourth-order valence-electron chi connectivity index (χ4n) is 2.15. The van der Waals surface area contributed by atoms with E-state index < -0.39 is 0 Å². The zero-order valence-corrected chi connectivity index (χ0v) is 11.6. The molecule has 0 radical (unpaired) electrons. The Morgan fingerprint density at radius 3 is 2.83 bits per heavy atom. The van der Waals surface area contributed by atoms with Crippen LogP contribution in [0.2, 0.25) is 0 Å². The maximum Gasteiger partial charge on any atom is 0.227 e. The van der Waals surface area contributed by atoms with Crippen LogP contribution in [0.4, 0.5) is 5.69 Å². The number of carbonyl (C=O) groups excluding carboxylic acids is 2. The highest BCUT2D eigenvalue weighted by molar-refractivity contribution is 9.09. The largest absolute Gasteiger partial charge is 0.505 e. The summed E-state index contributed by atoms with van der Waals surface area (Å²) in [6.45, 7) is 1.96. The third kappa shape index (κ3) is 2.27. The predicted octanol–water partition coefficient (Wildman–Crippen LogP) is 2.34. The number of hydrogen-bond acceptors (Lipinski definition) is 3. The number of nitrogens with zero attached hydrogens (tertiary/aromatic N) is 1. The van der Waals surface area contributed by atoms with Crippen molar-refractivity contribution in [2.24, 2.45) is 5.92 Å². The van der Waals surface area contributed by atoms with Gasteiger partial charge in [-0.05, 0) is 25.0 Å². The van der Waals surface area contributed by atoms with E-state index in [0.29, 0.717) is 18.7 Å². The van der Waals surface area contributed by atoms with Gasteiger partial charge in [0.05, 0.1) is 11.3 Å². The van der Waals surface area contributed by atoms with E-state index in [1.54, 1.807) is 23.1 Å². The minimum Gasteiger partial charge on any atom is -0.505 e. The smallest absolute Gasteiger partial charge is 0.227 e. The monoisotopic (exact) mass is 311 g/mol. The second-order valence-electron chi connectivity index (χ2n) is 4.46. The van der Waals surface area contributed by atoms with Gasteiger partial charge >= 0.3 is 0 Å². The van der Waals surface area contributed by atoms with Crippen molar-refractivity contribution < 1.29 is 14.7 Å². The van der Waals surface area contributed by atoms with E-state index in [2.05, 4.69) is 15.9 Å². The van der Waals surface area contributed by atoms with Crippen molar-refractivity contribution in [2.45, 2.75) is 13.3 Å². The van der Waals surface area contributed by atoms with E-state index in [0.717, 1.165) is 5.33 Å². The molecule has 1 aliphatic heterocycles. The number of halogens is 1. The number of ketones is 1. The second-order valence-corrected chi connectivity index (χ2v) is 5.11. The molecule has 1 atom stereocenters. The summed E-state index contributed by atoms with van der Waals surface area (Å²) in [6.07, 6.45) is 0.467. The second kappa shape index (κ2) is 5.10. The lowest BCUT2D eigenvalue weighted by Crippen LogP contribution is -2.25. The number of alkyl halides is 1. The maximum absolute atomic E-state index is 11.9. The lowest BCUT2D eigenvalue weighted by molar-refractivity contribution is -0.117. The van der Waals surface area contributed by atoms with Gasteiger partial charge in [-0.3, -0.25) is 9.59 Å². The summed E-state index contributed by atoms with van der Waals surface area (Å²) >= 11 is 3.36. The van der Waals surface area contributed by atoms with Gasteiger partial charge in [0.25, 0.3) is 0 Å². The van der Waals surface area contributed by atoms with Gasteiger partial charge in [0.15, 0.2) is 5.78 Å². The molecule has 0 spiro atoms. The number of carbonyl (C=O) groups is 2. The minimum atomic E-state index is -0.210. The topological polar surface area (TPSA) is 57.6 Å². The van der Waals surface area contributed by atoms with E-state index >= 15 is 0 Å². The van der Waals surface area contributed by atoms with E-state index in [9.17, 15) is 14.7 Å². The Bertz CT molecular complexity index is 501. The number of rotatable bonds is 3. The van der Waals surface area contributed by atoms with Crippen LogP contribution in [0.25, 0.3) is 0 Å². The molecular formula is C13H14BrNO3. The van der Waals surface area contributed by atoms with Crippen molar-refractivity contribution >= 4 is 33.3 Å². The molecule has 1 heterocycles. The number of phenols is 1. The molecule has 2 rings (SSSR count). The highest BCUT2D eigenvalue weighted by atomic mass is 79.9. The van der Waals surface area contributed by atoms with Crippen molar-refractivity contribution in [3.05, 3.63) is 23.8 Å². The van der Waals surface area contributed by atoms with Crippen LogP contribution < -0.4 is 4.90 Å². The van der Waals surface area contributed by atoms with Crippen molar-refractivity contribution in [1.29, 1.82) is 0 Å². The summed E-state index contributed by atoms with van der Waals surface area (Å²) in [4.78, 5) is 24.8. The Morgan fingerprint density at radius 1 is 1.56 bits per heavy atom. The number of amides is 1. The standard InChI is InChI=1S/C13H14BrNO3/c1-8(16)10-3-2-4-11(13(10)18)15-7-9(6-14)5-12(15)17/h2-4,9,18H,5-7H2,1H3. The summed E-state index contributed by atoms with van der Waals surface area (Å²) in [7, 11) is 0. The maximum atomic E-state index is 11.9. The molecule has 1 aliphatic rings. The molecule has 1 saturated heterocycles. The van der Waals surface area contributed by atoms with Crippen LogP contribution in [-0.2, 0) is 4.79 Å². The molecule has 1 aromatic carbocycles. The molecule has 1 amide bonds. The first kappa shape index (κ1) is 13.1. The summed E-state index contributed by atoms with van der Waals surface area (Å²) in [5.74, 6) is -0.0834. The predicted molar refractivity (Wildman–Crippen MR) is 72.4 cm³/mol. The normalized spacial score (nSPS) is 19.3. The number of para-hydroxylation sites is 1. The van der Waals surface area contributed by atoms with Crippen LogP contribution in [-0.4, -0.2) is 28.7 Å². The summed E-state index contributed by atoms with van der Waals surface area (Å²) in [5, 5.41) is 10.8. The zero-order valence-electron chi connectivity index (χ0n) is 10.0. The fourth-order valence-corrected chi connectivity index (χ4v) is 2.58. The zero-order chi connectivity index (χ0) is 13.3. The molecule has 0 saturated carbocycles. The fraction of sp³-hybridized carbons (Fsp3) is 0.385. The molecule has 1 fully saturated rings. The Balaban J connectivity index is 2.37. The van der Waals surface area contributed by atoms with Gasteiger partial charge in [-0.25, -0.2) is 0 Å². The van der Waals surface area contributed by atoms with Crippen LogP contribution in [0.5, 0.6) is 5.75 Å². The van der Waals surface area contributed by atoms with E-state index in [1.165, 1.54) is 6.92 Å². The van der Waals surface area contributed by atoms with Crippen LogP contribution >= 0.6 is 15.9 Å². The number of anilines is 1. The molecular weight excluding hydrogens is 298 g/mol. The Kier molecular flexibility index (Phi) is 3.71. The van der Waals surface area contributed by atoms with Crippen molar-refractivity contribution in [3.63, 3.8) is 0 Å². The first-order chi connectivity index (χ1) is 8.54. The highest BCUT2D eigenvalue weighted by Gasteiger charge is 2.31. The summed E-state index contributed by atoms with van der Waals surface area (Å²) < 4.78 is 0. The molecule has 4 nitrogen and oxygen atoms in total. The van der Waals surface area contributed by atoms with Gasteiger partial charge in [0.2, 0.25) is 5.91 Å². The molecule has 0 aliphatic carbocycles. The molecule has 18 heavy (non-hydrogen) atoms. The van der Waals surface area contributed by atoms with Crippen molar-refractivity contribution in [3.8, 4) is 5.75 Å². The van der Waals surface area contributed by atoms with Gasteiger partial charge in [-0.15, -0.1) is 0 Å². The third-order valence-corrected chi connectivity index (χ3v) is 4.02. The molecule has 1 N–H and O–H groups in total. The highest BCUT2D eigenvalue weighted by Crippen LogP contribution is 2.35. The minimum absolute atomic E-state index is 0.0181. The van der Waals surface area contributed by atoms with Gasteiger partial charge in [-0.2, -0.15) is 0 Å². The average Bonchev–Trinajstić information content (AvgIpc) is 2.70. The van der Waals surface area contributed by atoms with E-state index in [1.807, 2.05) is 0 Å². The number of Topliss-reactive ketones (excluding diaryl/α,β-unsaturated/α-hetero) is 1. The van der Waals surface area contributed by atoms with Crippen molar-refractivity contribution in [1.82, 2.24) is 0 Å². The lowest BCUT2D eigenvalue weighted by Gasteiger charge is -2.18. The molecule has 1 unspecified atom stereocenters.